The molecule has 0 saturated heterocycles. The second-order valence-corrected chi connectivity index (χ2v) is 7.30. The molecule has 25 heavy (non-hydrogen) atoms. The molecule has 3 rings (SSSR count). The fourth-order valence-corrected chi connectivity index (χ4v) is 3.60. The highest BCUT2D eigenvalue weighted by Crippen LogP contribution is 2.23. The Labute approximate surface area is 149 Å². The van der Waals surface area contributed by atoms with Crippen LogP contribution < -0.4 is 5.32 Å². The number of benzene rings is 1. The number of hydrazone groups is 1. The fourth-order valence-electron chi connectivity index (χ4n) is 3.60. The van der Waals surface area contributed by atoms with E-state index in [-0.39, 0.29) is 24.4 Å². The molecule has 1 aliphatic carbocycles. The molecule has 1 aromatic rings. The van der Waals surface area contributed by atoms with Crippen molar-refractivity contribution in [3.05, 3.63) is 35.4 Å². The Kier molecular flexibility index (Phi) is 5.51. The predicted octanol–water partition coefficient (Wildman–Crippen LogP) is 3.02. The first-order valence-corrected chi connectivity index (χ1v) is 9.27. The molecule has 2 amide bonds. The molecular formula is C20H27N3O2. The number of rotatable bonds is 4. The van der Waals surface area contributed by atoms with Crippen LogP contribution in [0.4, 0.5) is 0 Å². The molecule has 1 fully saturated rings. The summed E-state index contributed by atoms with van der Waals surface area (Å²) >= 11 is 0. The molecule has 1 saturated carbocycles. The van der Waals surface area contributed by atoms with Gasteiger partial charge < -0.3 is 5.32 Å². The van der Waals surface area contributed by atoms with E-state index in [1.807, 2.05) is 31.2 Å². The van der Waals surface area contributed by atoms with Gasteiger partial charge in [0, 0.05) is 18.9 Å². The van der Waals surface area contributed by atoms with E-state index in [0.29, 0.717) is 18.8 Å². The summed E-state index contributed by atoms with van der Waals surface area (Å²) in [6, 6.07) is 8.34. The number of carbonyl (C=O) groups excluding carboxylic acids is 2. The SMILES string of the molecule is Cc1ccc(C2=NN(CC(=O)N[C@@H]3CCCC[C@@H]3C)C(=O)CC2)cc1. The Balaban J connectivity index is 1.65. The van der Waals surface area contributed by atoms with Gasteiger partial charge in [0.05, 0.1) is 5.71 Å². The van der Waals surface area contributed by atoms with Gasteiger partial charge in [0.15, 0.2) is 0 Å². The first-order valence-electron chi connectivity index (χ1n) is 9.27. The largest absolute Gasteiger partial charge is 0.351 e. The number of nitrogens with zero attached hydrogens (tertiary/aromatic N) is 2. The molecule has 0 spiro atoms. The van der Waals surface area contributed by atoms with Gasteiger partial charge >= 0.3 is 0 Å². The average molecular weight is 341 g/mol. The third kappa shape index (κ3) is 4.47. The number of hydrogen-bond acceptors (Lipinski definition) is 3. The highest BCUT2D eigenvalue weighted by Gasteiger charge is 2.26. The van der Waals surface area contributed by atoms with Crippen molar-refractivity contribution in [1.29, 1.82) is 0 Å². The molecule has 1 heterocycles. The third-order valence-corrected chi connectivity index (χ3v) is 5.24. The summed E-state index contributed by atoms with van der Waals surface area (Å²) in [6.45, 7) is 4.24. The van der Waals surface area contributed by atoms with Gasteiger partial charge in [-0.15, -0.1) is 0 Å². The molecular weight excluding hydrogens is 314 g/mol. The highest BCUT2D eigenvalue weighted by atomic mass is 16.2. The minimum Gasteiger partial charge on any atom is -0.351 e. The van der Waals surface area contributed by atoms with Crippen LogP contribution in [0.1, 0.15) is 56.6 Å². The summed E-state index contributed by atoms with van der Waals surface area (Å²) in [5.41, 5.74) is 3.08. The first kappa shape index (κ1) is 17.6. The lowest BCUT2D eigenvalue weighted by Crippen LogP contribution is -2.46. The number of amides is 2. The third-order valence-electron chi connectivity index (χ3n) is 5.24. The maximum Gasteiger partial charge on any atom is 0.243 e. The van der Waals surface area contributed by atoms with Crippen LogP contribution in [0.2, 0.25) is 0 Å². The molecule has 0 bridgehead atoms. The molecule has 1 aliphatic heterocycles. The lowest BCUT2D eigenvalue weighted by molar-refractivity contribution is -0.136. The van der Waals surface area contributed by atoms with Crippen LogP contribution in [0.5, 0.6) is 0 Å². The van der Waals surface area contributed by atoms with Crippen molar-refractivity contribution < 1.29 is 9.59 Å². The second kappa shape index (κ2) is 7.81. The van der Waals surface area contributed by atoms with Gasteiger partial charge in [0.25, 0.3) is 0 Å². The molecule has 1 N–H and O–H groups in total. The minimum atomic E-state index is -0.110. The quantitative estimate of drug-likeness (QED) is 0.915. The van der Waals surface area contributed by atoms with E-state index < -0.39 is 0 Å². The lowest BCUT2D eigenvalue weighted by Gasteiger charge is -2.30. The van der Waals surface area contributed by atoms with E-state index >= 15 is 0 Å². The summed E-state index contributed by atoms with van der Waals surface area (Å²) in [5.74, 6) is 0.310. The van der Waals surface area contributed by atoms with Crippen molar-refractivity contribution in [2.45, 2.75) is 58.4 Å². The Morgan fingerprint density at radius 2 is 1.92 bits per heavy atom. The van der Waals surface area contributed by atoms with Crippen LogP contribution in [-0.2, 0) is 9.59 Å². The second-order valence-electron chi connectivity index (χ2n) is 7.30. The zero-order valence-electron chi connectivity index (χ0n) is 15.1. The van der Waals surface area contributed by atoms with Crippen molar-refractivity contribution in [1.82, 2.24) is 10.3 Å². The number of carbonyl (C=O) groups is 2. The smallest absolute Gasteiger partial charge is 0.243 e. The van der Waals surface area contributed by atoms with Crippen LogP contribution in [-0.4, -0.2) is 35.1 Å². The van der Waals surface area contributed by atoms with Crippen LogP contribution in [0.15, 0.2) is 29.4 Å². The van der Waals surface area contributed by atoms with Crippen molar-refractivity contribution in [2.24, 2.45) is 11.0 Å². The van der Waals surface area contributed by atoms with E-state index in [1.165, 1.54) is 17.0 Å². The first-order chi connectivity index (χ1) is 12.0. The zero-order chi connectivity index (χ0) is 17.8. The van der Waals surface area contributed by atoms with E-state index in [4.69, 9.17) is 0 Å². The van der Waals surface area contributed by atoms with Crippen LogP contribution in [0, 0.1) is 12.8 Å². The van der Waals surface area contributed by atoms with E-state index in [0.717, 1.165) is 30.5 Å². The zero-order valence-corrected chi connectivity index (χ0v) is 15.1. The number of aryl methyl sites for hydroxylation is 1. The summed E-state index contributed by atoms with van der Waals surface area (Å²) in [7, 11) is 0. The molecule has 2 atom stereocenters. The Morgan fingerprint density at radius 1 is 1.20 bits per heavy atom. The summed E-state index contributed by atoms with van der Waals surface area (Å²) in [6.07, 6.45) is 5.61. The van der Waals surface area contributed by atoms with Crippen molar-refractivity contribution in [2.75, 3.05) is 6.54 Å². The maximum atomic E-state index is 12.4. The molecule has 5 nitrogen and oxygen atoms in total. The number of hydrogen-bond donors (Lipinski definition) is 1. The maximum absolute atomic E-state index is 12.4. The van der Waals surface area contributed by atoms with Gasteiger partial charge in [-0.2, -0.15) is 5.10 Å². The van der Waals surface area contributed by atoms with Gasteiger partial charge in [0.2, 0.25) is 11.8 Å². The normalized spacial score (nSPS) is 24.0. The van der Waals surface area contributed by atoms with Gasteiger partial charge in [-0.1, -0.05) is 49.6 Å². The molecule has 1 aromatic carbocycles. The number of nitrogens with one attached hydrogen (secondary N) is 1. The van der Waals surface area contributed by atoms with Gasteiger partial charge in [-0.25, -0.2) is 5.01 Å². The van der Waals surface area contributed by atoms with Crippen molar-refractivity contribution >= 4 is 17.5 Å². The molecule has 2 aliphatic rings. The van der Waals surface area contributed by atoms with E-state index in [2.05, 4.69) is 17.3 Å². The molecule has 5 heteroatoms. The Bertz CT molecular complexity index is 666. The molecule has 134 valence electrons. The molecule has 0 aromatic heterocycles. The summed E-state index contributed by atoms with van der Waals surface area (Å²) < 4.78 is 0. The van der Waals surface area contributed by atoms with Gasteiger partial charge in [0.1, 0.15) is 6.54 Å². The average Bonchev–Trinajstić information content (AvgIpc) is 2.60. The van der Waals surface area contributed by atoms with Crippen LogP contribution in [0.25, 0.3) is 0 Å². The molecule has 0 unspecified atom stereocenters. The van der Waals surface area contributed by atoms with Crippen molar-refractivity contribution in [3.63, 3.8) is 0 Å². The fraction of sp³-hybridized carbons (Fsp3) is 0.550. The molecule has 0 radical (unpaired) electrons. The lowest BCUT2D eigenvalue weighted by atomic mass is 9.86. The minimum absolute atomic E-state index is 0.0113. The Hall–Kier alpha value is -2.17. The van der Waals surface area contributed by atoms with Crippen molar-refractivity contribution in [3.8, 4) is 0 Å². The standard InChI is InChI=1S/C20H27N3O2/c1-14-7-9-16(10-8-14)18-11-12-20(25)23(22-18)13-19(24)21-17-6-4-3-5-15(17)2/h7-10,15,17H,3-6,11-13H2,1-2H3,(H,21,24)/t15-,17+/m0/s1. The van der Waals surface area contributed by atoms with E-state index in [1.54, 1.807) is 0 Å². The summed E-state index contributed by atoms with van der Waals surface area (Å²) in [5, 5.41) is 8.89. The predicted molar refractivity (Wildman–Crippen MR) is 98.2 cm³/mol. The monoisotopic (exact) mass is 341 g/mol. The summed E-state index contributed by atoms with van der Waals surface area (Å²) in [4.78, 5) is 24.5. The van der Waals surface area contributed by atoms with Crippen LogP contribution in [0.3, 0.4) is 0 Å². The highest BCUT2D eigenvalue weighted by molar-refractivity contribution is 6.04. The van der Waals surface area contributed by atoms with Gasteiger partial charge in [-0.05, 0) is 31.2 Å². The van der Waals surface area contributed by atoms with Crippen LogP contribution >= 0.6 is 0 Å². The Morgan fingerprint density at radius 3 is 2.64 bits per heavy atom. The topological polar surface area (TPSA) is 61.8 Å². The van der Waals surface area contributed by atoms with E-state index in [9.17, 15) is 9.59 Å². The van der Waals surface area contributed by atoms with Gasteiger partial charge in [-0.3, -0.25) is 9.59 Å².